The third kappa shape index (κ3) is 8.83. The lowest BCUT2D eigenvalue weighted by molar-refractivity contribution is 0.199. The molecule has 2 saturated carbocycles. The number of aryl methyl sites for hydroxylation is 1. The van der Waals surface area contributed by atoms with Crippen LogP contribution in [0.25, 0.3) is 10.8 Å². The van der Waals surface area contributed by atoms with E-state index in [9.17, 15) is 0 Å². The minimum atomic E-state index is 0.140. The summed E-state index contributed by atoms with van der Waals surface area (Å²) in [4.78, 5) is 0. The molecule has 278 valence electrons. The molecule has 5 aromatic rings. The molecule has 0 spiro atoms. The number of rotatable bonds is 15. The lowest BCUT2D eigenvalue weighted by Gasteiger charge is -2.21. The van der Waals surface area contributed by atoms with Crippen LogP contribution in [0.2, 0.25) is 0 Å². The maximum atomic E-state index is 6.73. The average Bonchev–Trinajstić information content (AvgIpc) is 3.89. The predicted octanol–water partition coefficient (Wildman–Crippen LogP) is 10.9. The van der Waals surface area contributed by atoms with Gasteiger partial charge in [-0.05, 0) is 140 Å². The monoisotopic (exact) mass is 712 g/mol. The molecule has 0 aromatic heterocycles. The second kappa shape index (κ2) is 17.1. The summed E-state index contributed by atoms with van der Waals surface area (Å²) in [6.07, 6.45) is 8.29. The van der Waals surface area contributed by atoms with Crippen LogP contribution in [0.5, 0.6) is 23.0 Å². The van der Waals surface area contributed by atoms with Crippen LogP contribution in [-0.4, -0.2) is 26.4 Å². The van der Waals surface area contributed by atoms with Gasteiger partial charge in [0.2, 0.25) is 0 Å². The Balaban J connectivity index is 0.965. The van der Waals surface area contributed by atoms with Gasteiger partial charge in [-0.1, -0.05) is 72.8 Å². The fourth-order valence-electron chi connectivity index (χ4n) is 8.31. The van der Waals surface area contributed by atoms with E-state index in [0.29, 0.717) is 12.0 Å². The first kappa shape index (κ1) is 36.8. The first-order chi connectivity index (χ1) is 25.9. The minimum absolute atomic E-state index is 0.140. The fourth-order valence-corrected chi connectivity index (χ4v) is 8.31. The number of hydrogen-bond donors (Lipinski definition) is 2. The zero-order chi connectivity index (χ0) is 36.7. The molecule has 2 fully saturated rings. The highest BCUT2D eigenvalue weighted by Gasteiger charge is 2.29. The molecular weight excluding hydrogens is 657 g/mol. The molecule has 0 aliphatic heterocycles. The standard InChI is InChI=1S/C47H56N2O4/c1-31-17-20-37(32(2)48-29-34-18-23-44(50-4)46(25-34)52-39-13-7-8-14-39)28-43(31)38-21-22-40(27-38)53-47-26-35(19-24-45(47)51-5)30-49-33(3)41-16-10-12-36-11-6-9-15-42(36)41/h6,9-12,15-20,23-26,28,32-33,38-40,48-49H,7-8,13-14,21-22,27,29-30H2,1-5H3/t32-,33-,38?,40?/m1/s1. The van der Waals surface area contributed by atoms with Crippen molar-refractivity contribution in [1.29, 1.82) is 0 Å². The summed E-state index contributed by atoms with van der Waals surface area (Å²) >= 11 is 0. The number of benzene rings is 5. The highest BCUT2D eigenvalue weighted by Crippen LogP contribution is 2.41. The van der Waals surface area contributed by atoms with Crippen LogP contribution >= 0.6 is 0 Å². The topological polar surface area (TPSA) is 61.0 Å². The number of nitrogens with one attached hydrogen (secondary N) is 2. The van der Waals surface area contributed by atoms with Gasteiger partial charge in [0.05, 0.1) is 26.4 Å². The molecule has 4 atom stereocenters. The Labute approximate surface area is 316 Å². The van der Waals surface area contributed by atoms with Gasteiger partial charge in [0.25, 0.3) is 0 Å². The second-order valence-corrected chi connectivity index (χ2v) is 15.1. The Morgan fingerprint density at radius 3 is 1.96 bits per heavy atom. The van der Waals surface area contributed by atoms with Crippen LogP contribution in [0.4, 0.5) is 0 Å². The Morgan fingerprint density at radius 1 is 0.623 bits per heavy atom. The molecule has 6 heteroatoms. The SMILES string of the molecule is COc1ccc(CN[C@H](C)c2ccc(C)c(C3CCC(Oc4cc(CN[C@H](C)c5cccc6ccccc56)ccc4OC)C3)c2)cc1OC1CCCC1. The largest absolute Gasteiger partial charge is 0.493 e. The van der Waals surface area contributed by atoms with E-state index in [2.05, 4.69) is 116 Å². The van der Waals surface area contributed by atoms with Gasteiger partial charge >= 0.3 is 0 Å². The van der Waals surface area contributed by atoms with Gasteiger partial charge in [0.15, 0.2) is 23.0 Å². The molecule has 2 aliphatic rings. The van der Waals surface area contributed by atoms with E-state index < -0.39 is 0 Å². The molecule has 0 bridgehead atoms. The van der Waals surface area contributed by atoms with Crippen molar-refractivity contribution in [2.24, 2.45) is 0 Å². The highest BCUT2D eigenvalue weighted by molar-refractivity contribution is 5.86. The summed E-state index contributed by atoms with van der Waals surface area (Å²) < 4.78 is 24.5. The van der Waals surface area contributed by atoms with E-state index in [-0.39, 0.29) is 18.2 Å². The Bertz CT molecular complexity index is 1980. The number of methoxy groups -OCH3 is 2. The number of fused-ring (bicyclic) bond motifs is 1. The zero-order valence-electron chi connectivity index (χ0n) is 32.1. The van der Waals surface area contributed by atoms with Crippen molar-refractivity contribution in [3.8, 4) is 23.0 Å². The van der Waals surface area contributed by atoms with Gasteiger partial charge in [-0.15, -0.1) is 0 Å². The Hall–Kier alpha value is -4.52. The molecule has 2 unspecified atom stereocenters. The molecule has 0 heterocycles. The molecule has 2 aliphatic carbocycles. The third-order valence-corrected chi connectivity index (χ3v) is 11.5. The van der Waals surface area contributed by atoms with E-state index in [1.807, 2.05) is 12.1 Å². The molecule has 6 nitrogen and oxygen atoms in total. The molecule has 0 radical (unpaired) electrons. The van der Waals surface area contributed by atoms with E-state index in [4.69, 9.17) is 18.9 Å². The van der Waals surface area contributed by atoms with Crippen molar-refractivity contribution in [3.05, 3.63) is 130 Å². The fraction of sp³-hybridized carbons (Fsp3) is 0.404. The van der Waals surface area contributed by atoms with E-state index in [1.165, 1.54) is 57.0 Å². The first-order valence-corrected chi connectivity index (χ1v) is 19.6. The summed E-state index contributed by atoms with van der Waals surface area (Å²) in [6.45, 7) is 8.23. The second-order valence-electron chi connectivity index (χ2n) is 15.1. The van der Waals surface area contributed by atoms with E-state index >= 15 is 0 Å². The Kier molecular flexibility index (Phi) is 11.9. The van der Waals surface area contributed by atoms with Gasteiger partial charge in [0.1, 0.15) is 0 Å². The van der Waals surface area contributed by atoms with Gasteiger partial charge in [-0.2, -0.15) is 0 Å². The predicted molar refractivity (Wildman–Crippen MR) is 216 cm³/mol. The van der Waals surface area contributed by atoms with Crippen LogP contribution in [0, 0.1) is 6.92 Å². The summed E-state index contributed by atoms with van der Waals surface area (Å²) in [5.74, 6) is 3.73. The first-order valence-electron chi connectivity index (χ1n) is 19.6. The van der Waals surface area contributed by atoms with Crippen molar-refractivity contribution in [1.82, 2.24) is 10.6 Å². The average molecular weight is 713 g/mol. The van der Waals surface area contributed by atoms with Crippen LogP contribution in [0.15, 0.2) is 97.1 Å². The number of hydrogen-bond acceptors (Lipinski definition) is 6. The van der Waals surface area contributed by atoms with Crippen molar-refractivity contribution in [2.45, 2.75) is 109 Å². The lowest BCUT2D eigenvalue weighted by Crippen LogP contribution is -2.19. The van der Waals surface area contributed by atoms with Crippen molar-refractivity contribution < 1.29 is 18.9 Å². The Morgan fingerprint density at radius 2 is 1.26 bits per heavy atom. The van der Waals surface area contributed by atoms with Crippen LogP contribution in [-0.2, 0) is 13.1 Å². The molecule has 5 aromatic carbocycles. The van der Waals surface area contributed by atoms with Gasteiger partial charge < -0.3 is 29.6 Å². The van der Waals surface area contributed by atoms with E-state index in [1.54, 1.807) is 14.2 Å². The lowest BCUT2D eigenvalue weighted by atomic mass is 9.90. The van der Waals surface area contributed by atoms with Crippen molar-refractivity contribution in [3.63, 3.8) is 0 Å². The maximum Gasteiger partial charge on any atom is 0.161 e. The normalized spacial score (nSPS) is 18.6. The summed E-state index contributed by atoms with van der Waals surface area (Å²) in [5, 5.41) is 10.1. The summed E-state index contributed by atoms with van der Waals surface area (Å²) in [6, 6.07) is 35.2. The van der Waals surface area contributed by atoms with Gasteiger partial charge in [-0.25, -0.2) is 0 Å². The van der Waals surface area contributed by atoms with Gasteiger partial charge in [0, 0.05) is 25.2 Å². The highest BCUT2D eigenvalue weighted by atomic mass is 16.5. The molecule has 0 saturated heterocycles. The quantitative estimate of drug-likeness (QED) is 0.113. The molecule has 7 rings (SSSR count). The zero-order valence-corrected chi connectivity index (χ0v) is 32.1. The van der Waals surface area contributed by atoms with Crippen molar-refractivity contribution in [2.75, 3.05) is 14.2 Å². The molecule has 0 amide bonds. The van der Waals surface area contributed by atoms with Crippen LogP contribution < -0.4 is 29.6 Å². The smallest absolute Gasteiger partial charge is 0.161 e. The van der Waals surface area contributed by atoms with Crippen LogP contribution in [0.3, 0.4) is 0 Å². The maximum absolute atomic E-state index is 6.73. The summed E-state index contributed by atoms with van der Waals surface area (Å²) in [5.41, 5.74) is 7.78. The number of ether oxygens (including phenoxy) is 4. The van der Waals surface area contributed by atoms with Gasteiger partial charge in [-0.3, -0.25) is 0 Å². The van der Waals surface area contributed by atoms with Crippen molar-refractivity contribution >= 4 is 10.8 Å². The molecular formula is C47H56N2O4. The van der Waals surface area contributed by atoms with E-state index in [0.717, 1.165) is 68.2 Å². The molecule has 2 N–H and O–H groups in total. The van der Waals surface area contributed by atoms with Crippen LogP contribution in [0.1, 0.15) is 110 Å². The minimum Gasteiger partial charge on any atom is -0.493 e. The third-order valence-electron chi connectivity index (χ3n) is 11.5. The molecule has 53 heavy (non-hydrogen) atoms. The summed E-state index contributed by atoms with van der Waals surface area (Å²) in [7, 11) is 3.44.